The Morgan fingerprint density at radius 1 is 1.27 bits per heavy atom. The van der Waals surface area contributed by atoms with Crippen molar-refractivity contribution in [2.75, 3.05) is 0 Å². The van der Waals surface area contributed by atoms with Gasteiger partial charge in [-0.3, -0.25) is 9.59 Å². The average Bonchev–Trinajstić information content (AvgIpc) is 3.04. The predicted octanol–water partition coefficient (Wildman–Crippen LogP) is 3.31. The second kappa shape index (κ2) is 8.65. The van der Waals surface area contributed by atoms with Gasteiger partial charge in [-0.2, -0.15) is 0 Å². The Labute approximate surface area is 150 Å². The Bertz CT molecular complexity index is 733. The van der Waals surface area contributed by atoms with Crippen LogP contribution in [0.4, 0.5) is 13.2 Å². The third-order valence-electron chi connectivity index (χ3n) is 3.32. The number of hydrogen-bond acceptors (Lipinski definition) is 5. The number of rotatable bonds is 8. The SMILES string of the molecule is O=C(O)CC(NC(=O)CCc1cscn1)c1ccc(OC(F)(F)F)cc1. The van der Waals surface area contributed by atoms with Crippen LogP contribution in [0, 0.1) is 0 Å². The molecular weight excluding hydrogens is 373 g/mol. The molecule has 1 unspecified atom stereocenters. The van der Waals surface area contributed by atoms with E-state index in [0.717, 1.165) is 17.8 Å². The van der Waals surface area contributed by atoms with Crippen LogP contribution in [0.25, 0.3) is 0 Å². The number of hydrogen-bond donors (Lipinski definition) is 2. The van der Waals surface area contributed by atoms with Crippen LogP contribution in [-0.4, -0.2) is 28.3 Å². The molecule has 1 amide bonds. The number of halogens is 3. The molecule has 0 aliphatic heterocycles. The highest BCUT2D eigenvalue weighted by atomic mass is 32.1. The summed E-state index contributed by atoms with van der Waals surface area (Å²) in [6.45, 7) is 0. The zero-order valence-electron chi connectivity index (χ0n) is 13.3. The van der Waals surface area contributed by atoms with Crippen molar-refractivity contribution in [2.24, 2.45) is 0 Å². The summed E-state index contributed by atoms with van der Waals surface area (Å²) in [5.41, 5.74) is 2.77. The Hall–Kier alpha value is -2.62. The van der Waals surface area contributed by atoms with E-state index in [-0.39, 0.29) is 12.3 Å². The lowest BCUT2D eigenvalue weighted by Crippen LogP contribution is -2.30. The molecule has 2 aromatic rings. The molecule has 1 aromatic heterocycles. The monoisotopic (exact) mass is 388 g/mol. The highest BCUT2D eigenvalue weighted by Gasteiger charge is 2.31. The maximum atomic E-state index is 12.2. The summed E-state index contributed by atoms with van der Waals surface area (Å²) >= 11 is 1.40. The molecule has 0 spiro atoms. The van der Waals surface area contributed by atoms with Crippen LogP contribution in [-0.2, 0) is 16.0 Å². The van der Waals surface area contributed by atoms with E-state index in [1.165, 1.54) is 23.5 Å². The van der Waals surface area contributed by atoms with Gasteiger partial charge in [-0.1, -0.05) is 12.1 Å². The van der Waals surface area contributed by atoms with Crippen molar-refractivity contribution in [2.45, 2.75) is 31.7 Å². The van der Waals surface area contributed by atoms with E-state index in [1.54, 1.807) is 10.9 Å². The molecule has 0 saturated carbocycles. The maximum absolute atomic E-state index is 12.2. The van der Waals surface area contributed by atoms with Gasteiger partial charge in [0.25, 0.3) is 0 Å². The summed E-state index contributed by atoms with van der Waals surface area (Å²) in [4.78, 5) is 27.1. The first-order chi connectivity index (χ1) is 12.2. The van der Waals surface area contributed by atoms with E-state index < -0.39 is 30.5 Å². The smallest absolute Gasteiger partial charge is 0.481 e. The fourth-order valence-electron chi connectivity index (χ4n) is 2.20. The molecular formula is C16H15F3N2O4S. The lowest BCUT2D eigenvalue weighted by Gasteiger charge is -2.18. The van der Waals surface area contributed by atoms with Crippen molar-refractivity contribution in [3.8, 4) is 5.75 Å². The molecule has 1 atom stereocenters. The topological polar surface area (TPSA) is 88.5 Å². The van der Waals surface area contributed by atoms with E-state index >= 15 is 0 Å². The lowest BCUT2D eigenvalue weighted by molar-refractivity contribution is -0.274. The van der Waals surface area contributed by atoms with Gasteiger partial charge in [-0.05, 0) is 24.1 Å². The van der Waals surface area contributed by atoms with E-state index in [9.17, 15) is 22.8 Å². The molecule has 140 valence electrons. The number of aryl methyl sites for hydroxylation is 1. The minimum Gasteiger partial charge on any atom is -0.481 e. The molecule has 0 bridgehead atoms. The first-order valence-electron chi connectivity index (χ1n) is 7.47. The Morgan fingerprint density at radius 2 is 1.96 bits per heavy atom. The fraction of sp³-hybridized carbons (Fsp3) is 0.312. The molecule has 26 heavy (non-hydrogen) atoms. The molecule has 2 N–H and O–H groups in total. The van der Waals surface area contributed by atoms with Gasteiger partial charge in [-0.15, -0.1) is 24.5 Å². The lowest BCUT2D eigenvalue weighted by atomic mass is 10.0. The van der Waals surface area contributed by atoms with Crippen molar-refractivity contribution in [1.82, 2.24) is 10.3 Å². The maximum Gasteiger partial charge on any atom is 0.573 e. The molecule has 0 aliphatic carbocycles. The second-order valence-corrected chi connectivity index (χ2v) is 6.03. The number of amides is 1. The van der Waals surface area contributed by atoms with Crippen molar-refractivity contribution < 1.29 is 32.6 Å². The molecule has 0 aliphatic rings. The summed E-state index contributed by atoms with van der Waals surface area (Å²) < 4.78 is 40.3. The normalized spacial score (nSPS) is 12.4. The fourth-order valence-corrected chi connectivity index (χ4v) is 2.79. The number of carbonyl (C=O) groups is 2. The molecule has 1 heterocycles. The van der Waals surface area contributed by atoms with Crippen LogP contribution in [0.15, 0.2) is 35.2 Å². The van der Waals surface area contributed by atoms with Crippen molar-refractivity contribution >= 4 is 23.2 Å². The van der Waals surface area contributed by atoms with Gasteiger partial charge in [0.2, 0.25) is 5.91 Å². The largest absolute Gasteiger partial charge is 0.573 e. The summed E-state index contributed by atoms with van der Waals surface area (Å²) in [6, 6.07) is 3.85. The van der Waals surface area contributed by atoms with Crippen LogP contribution >= 0.6 is 11.3 Å². The first kappa shape index (κ1) is 19.7. The van der Waals surface area contributed by atoms with Crippen LogP contribution in [0.2, 0.25) is 0 Å². The third-order valence-corrected chi connectivity index (χ3v) is 3.96. The number of carboxylic acid groups (broad SMARTS) is 1. The minimum absolute atomic E-state index is 0.120. The van der Waals surface area contributed by atoms with Gasteiger partial charge in [0.1, 0.15) is 5.75 Å². The van der Waals surface area contributed by atoms with Gasteiger partial charge in [0.15, 0.2) is 0 Å². The Balaban J connectivity index is 2.01. The number of nitrogens with one attached hydrogen (secondary N) is 1. The number of aliphatic carboxylic acids is 1. The Morgan fingerprint density at radius 3 is 2.50 bits per heavy atom. The summed E-state index contributed by atoms with van der Waals surface area (Å²) in [6.07, 6.45) is -4.68. The number of ether oxygens (including phenoxy) is 1. The van der Waals surface area contributed by atoms with Gasteiger partial charge in [-0.25, -0.2) is 4.98 Å². The van der Waals surface area contributed by atoms with E-state index in [0.29, 0.717) is 12.0 Å². The van der Waals surface area contributed by atoms with Crippen LogP contribution < -0.4 is 10.1 Å². The van der Waals surface area contributed by atoms with Gasteiger partial charge < -0.3 is 15.2 Å². The molecule has 6 nitrogen and oxygen atoms in total. The Kier molecular flexibility index (Phi) is 6.56. The number of thiazole rings is 1. The third kappa shape index (κ3) is 6.71. The highest BCUT2D eigenvalue weighted by molar-refractivity contribution is 7.07. The number of alkyl halides is 3. The van der Waals surface area contributed by atoms with Crippen molar-refractivity contribution in [1.29, 1.82) is 0 Å². The minimum atomic E-state index is -4.81. The molecule has 10 heteroatoms. The highest BCUT2D eigenvalue weighted by Crippen LogP contribution is 2.25. The summed E-state index contributed by atoms with van der Waals surface area (Å²) in [5, 5.41) is 13.4. The zero-order valence-corrected chi connectivity index (χ0v) is 14.1. The number of carboxylic acids is 1. The van der Waals surface area contributed by atoms with Crippen molar-refractivity contribution in [3.05, 3.63) is 46.4 Å². The zero-order chi connectivity index (χ0) is 19.2. The van der Waals surface area contributed by atoms with Gasteiger partial charge in [0, 0.05) is 11.8 Å². The quantitative estimate of drug-likeness (QED) is 0.724. The van der Waals surface area contributed by atoms with Crippen molar-refractivity contribution in [3.63, 3.8) is 0 Å². The van der Waals surface area contributed by atoms with E-state index in [4.69, 9.17) is 5.11 Å². The molecule has 1 aromatic carbocycles. The molecule has 2 rings (SSSR count). The summed E-state index contributed by atoms with van der Waals surface area (Å²) in [5.74, 6) is -1.95. The first-order valence-corrected chi connectivity index (χ1v) is 8.41. The summed E-state index contributed by atoms with van der Waals surface area (Å²) in [7, 11) is 0. The van der Waals surface area contributed by atoms with Crippen LogP contribution in [0.3, 0.4) is 0 Å². The number of benzene rings is 1. The van der Waals surface area contributed by atoms with Gasteiger partial charge in [0.05, 0.1) is 23.7 Å². The molecule has 0 saturated heterocycles. The van der Waals surface area contributed by atoms with E-state index in [1.807, 2.05) is 0 Å². The predicted molar refractivity (Wildman–Crippen MR) is 86.7 cm³/mol. The second-order valence-electron chi connectivity index (χ2n) is 5.31. The molecule has 0 radical (unpaired) electrons. The number of aromatic nitrogens is 1. The number of nitrogens with zero attached hydrogens (tertiary/aromatic N) is 1. The van der Waals surface area contributed by atoms with Crippen LogP contribution in [0.5, 0.6) is 5.75 Å². The van der Waals surface area contributed by atoms with E-state index in [2.05, 4.69) is 15.0 Å². The van der Waals surface area contributed by atoms with Gasteiger partial charge >= 0.3 is 12.3 Å². The molecule has 0 fully saturated rings. The number of carbonyl (C=O) groups excluding carboxylic acids is 1. The standard InChI is InChI=1S/C16H15F3N2O4S/c17-16(18,19)25-12-4-1-10(2-5-12)13(7-15(23)24)21-14(22)6-3-11-8-26-9-20-11/h1-2,4-5,8-9,13H,3,6-7H2,(H,21,22)(H,23,24). The average molecular weight is 388 g/mol. The van der Waals surface area contributed by atoms with Crippen LogP contribution in [0.1, 0.15) is 30.1 Å².